The predicted octanol–water partition coefficient (Wildman–Crippen LogP) is 2.03. The topological polar surface area (TPSA) is 49.8 Å². The van der Waals surface area contributed by atoms with Gasteiger partial charge < -0.3 is 9.84 Å². The number of amides is 1. The van der Waals surface area contributed by atoms with Gasteiger partial charge in [-0.1, -0.05) is 36.3 Å². The average Bonchev–Trinajstić information content (AvgIpc) is 2.43. The van der Waals surface area contributed by atoms with Crippen LogP contribution in [-0.2, 0) is 11.3 Å². The van der Waals surface area contributed by atoms with Crippen LogP contribution in [0.3, 0.4) is 0 Å². The molecule has 1 N–H and O–H groups in total. The molecule has 0 aliphatic rings. The van der Waals surface area contributed by atoms with Crippen molar-refractivity contribution in [2.45, 2.75) is 26.0 Å². The highest BCUT2D eigenvalue weighted by Crippen LogP contribution is 2.15. The van der Waals surface area contributed by atoms with Crippen molar-refractivity contribution in [2.75, 3.05) is 13.2 Å². The Morgan fingerprint density at radius 3 is 2.58 bits per heavy atom. The van der Waals surface area contributed by atoms with Gasteiger partial charge in [0.25, 0.3) is 0 Å². The van der Waals surface area contributed by atoms with Crippen molar-refractivity contribution in [3.63, 3.8) is 0 Å². The molecule has 0 aromatic heterocycles. The zero-order chi connectivity index (χ0) is 14.3. The Labute approximate surface area is 114 Å². The third-order valence-electron chi connectivity index (χ3n) is 2.78. The number of aliphatic hydroxyl groups is 1. The maximum Gasteiger partial charge on any atom is 0.411 e. The number of carbonyl (C=O) groups excluding carboxylic acids is 1. The first-order valence-corrected chi connectivity index (χ1v) is 6.08. The largest absolute Gasteiger partial charge is 0.445 e. The van der Waals surface area contributed by atoms with Crippen LogP contribution in [-0.4, -0.2) is 34.8 Å². The van der Waals surface area contributed by atoms with Crippen molar-refractivity contribution in [1.29, 1.82) is 0 Å². The molecule has 0 atom stereocenters. The Balaban J connectivity index is 2.66. The lowest BCUT2D eigenvalue weighted by Gasteiger charge is -2.33. The van der Waals surface area contributed by atoms with Crippen molar-refractivity contribution in [1.82, 2.24) is 4.90 Å². The first-order valence-electron chi connectivity index (χ1n) is 6.08. The highest BCUT2D eigenvalue weighted by atomic mass is 16.6. The minimum atomic E-state index is -0.795. The van der Waals surface area contributed by atoms with E-state index in [4.69, 9.17) is 16.3 Å². The van der Waals surface area contributed by atoms with Crippen LogP contribution in [0.5, 0.6) is 0 Å². The number of nitrogens with zero attached hydrogens (tertiary/aromatic N) is 1. The number of terminal acetylenes is 1. The van der Waals surface area contributed by atoms with Gasteiger partial charge in [-0.05, 0) is 19.4 Å². The lowest BCUT2D eigenvalue weighted by Crippen LogP contribution is -2.48. The Kier molecular flexibility index (Phi) is 5.40. The summed E-state index contributed by atoms with van der Waals surface area (Å²) in [5, 5.41) is 9.01. The molecule has 0 saturated carbocycles. The van der Waals surface area contributed by atoms with Crippen LogP contribution in [0.4, 0.5) is 4.79 Å². The van der Waals surface area contributed by atoms with E-state index in [-0.39, 0.29) is 19.8 Å². The van der Waals surface area contributed by atoms with Gasteiger partial charge in [0.2, 0.25) is 0 Å². The number of carbonyl (C=O) groups is 1. The molecule has 0 saturated heterocycles. The van der Waals surface area contributed by atoms with E-state index in [2.05, 4.69) is 5.92 Å². The van der Waals surface area contributed by atoms with Crippen LogP contribution in [0, 0.1) is 12.3 Å². The average molecular weight is 261 g/mol. The normalized spacial score (nSPS) is 10.6. The second-order valence-corrected chi connectivity index (χ2v) is 4.62. The van der Waals surface area contributed by atoms with Crippen LogP contribution in [0.25, 0.3) is 0 Å². The summed E-state index contributed by atoms with van der Waals surface area (Å²) in [4.78, 5) is 13.4. The lowest BCUT2D eigenvalue weighted by atomic mass is 10.1. The fraction of sp³-hybridized carbons (Fsp3) is 0.400. The van der Waals surface area contributed by atoms with E-state index in [0.717, 1.165) is 5.56 Å². The van der Waals surface area contributed by atoms with E-state index >= 15 is 0 Å². The molecule has 1 aromatic carbocycles. The molecule has 0 fully saturated rings. The standard InChI is InChI=1S/C15H19NO3/c1-4-15(2,3)16(10-11-17)14(18)19-12-13-8-6-5-7-9-13/h1,5-9,17H,10-12H2,2-3H3. The van der Waals surface area contributed by atoms with Crippen molar-refractivity contribution in [2.24, 2.45) is 0 Å². The molecule has 4 heteroatoms. The van der Waals surface area contributed by atoms with Crippen LogP contribution in [0.2, 0.25) is 0 Å². The van der Waals surface area contributed by atoms with E-state index in [9.17, 15) is 4.79 Å². The molecule has 1 aromatic rings. The zero-order valence-electron chi connectivity index (χ0n) is 11.3. The Bertz CT molecular complexity index is 448. The van der Waals surface area contributed by atoms with Crippen LogP contribution >= 0.6 is 0 Å². The number of benzene rings is 1. The second-order valence-electron chi connectivity index (χ2n) is 4.62. The fourth-order valence-electron chi connectivity index (χ4n) is 1.57. The van der Waals surface area contributed by atoms with E-state index in [1.54, 1.807) is 13.8 Å². The van der Waals surface area contributed by atoms with E-state index < -0.39 is 11.6 Å². The van der Waals surface area contributed by atoms with Gasteiger partial charge in [0.05, 0.1) is 6.61 Å². The monoisotopic (exact) mass is 261 g/mol. The zero-order valence-corrected chi connectivity index (χ0v) is 11.3. The van der Waals surface area contributed by atoms with Crippen LogP contribution < -0.4 is 0 Å². The van der Waals surface area contributed by atoms with Crippen molar-refractivity contribution < 1.29 is 14.6 Å². The molecule has 0 unspecified atom stereocenters. The smallest absolute Gasteiger partial charge is 0.411 e. The predicted molar refractivity (Wildman–Crippen MR) is 73.3 cm³/mol. The first kappa shape index (κ1) is 15.1. The summed E-state index contributed by atoms with van der Waals surface area (Å²) in [6, 6.07) is 9.39. The summed E-state index contributed by atoms with van der Waals surface area (Å²) in [6.45, 7) is 3.62. The van der Waals surface area contributed by atoms with Crippen LogP contribution in [0.15, 0.2) is 30.3 Å². The second kappa shape index (κ2) is 6.81. The first-order chi connectivity index (χ1) is 9.01. The summed E-state index contributed by atoms with van der Waals surface area (Å²) in [5.74, 6) is 2.52. The molecule has 0 radical (unpaired) electrons. The maximum absolute atomic E-state index is 12.0. The molecular weight excluding hydrogens is 242 g/mol. The lowest BCUT2D eigenvalue weighted by molar-refractivity contribution is 0.0638. The van der Waals surface area contributed by atoms with Crippen molar-refractivity contribution in [3.8, 4) is 12.3 Å². The molecule has 0 spiro atoms. The molecular formula is C15H19NO3. The Morgan fingerprint density at radius 2 is 2.05 bits per heavy atom. The van der Waals surface area contributed by atoms with E-state index in [0.29, 0.717) is 0 Å². The summed E-state index contributed by atoms with van der Waals surface area (Å²) < 4.78 is 5.21. The molecule has 0 aliphatic heterocycles. The number of ether oxygens (including phenoxy) is 1. The molecule has 102 valence electrons. The molecule has 1 amide bonds. The number of aliphatic hydroxyl groups excluding tert-OH is 1. The van der Waals surface area contributed by atoms with Gasteiger partial charge in [0, 0.05) is 6.54 Å². The quantitative estimate of drug-likeness (QED) is 0.825. The third-order valence-corrected chi connectivity index (χ3v) is 2.78. The van der Waals surface area contributed by atoms with Crippen molar-refractivity contribution >= 4 is 6.09 Å². The van der Waals surface area contributed by atoms with Gasteiger partial charge in [-0.25, -0.2) is 4.79 Å². The van der Waals surface area contributed by atoms with Gasteiger partial charge in [-0.3, -0.25) is 4.90 Å². The summed E-state index contributed by atoms with van der Waals surface area (Å²) in [5.41, 5.74) is 0.106. The molecule has 19 heavy (non-hydrogen) atoms. The highest BCUT2D eigenvalue weighted by Gasteiger charge is 2.29. The summed E-state index contributed by atoms with van der Waals surface area (Å²) in [6.07, 6.45) is 4.87. The van der Waals surface area contributed by atoms with Gasteiger partial charge in [0.15, 0.2) is 0 Å². The van der Waals surface area contributed by atoms with Gasteiger partial charge in [-0.2, -0.15) is 0 Å². The molecule has 0 heterocycles. The van der Waals surface area contributed by atoms with Gasteiger partial charge in [0.1, 0.15) is 12.1 Å². The van der Waals surface area contributed by atoms with E-state index in [1.807, 2.05) is 30.3 Å². The SMILES string of the molecule is C#CC(C)(C)N(CCO)C(=O)OCc1ccccc1. The summed E-state index contributed by atoms with van der Waals surface area (Å²) >= 11 is 0. The summed E-state index contributed by atoms with van der Waals surface area (Å²) in [7, 11) is 0. The number of β-amino-alcohol motifs (C(OH)–C–C–N with tert-alkyl or cyclic N) is 1. The van der Waals surface area contributed by atoms with Crippen molar-refractivity contribution in [3.05, 3.63) is 35.9 Å². The fourth-order valence-corrected chi connectivity index (χ4v) is 1.57. The number of rotatable bonds is 5. The molecule has 0 aliphatic carbocycles. The minimum absolute atomic E-state index is 0.144. The number of hydrogen-bond acceptors (Lipinski definition) is 3. The van der Waals surface area contributed by atoms with E-state index in [1.165, 1.54) is 4.90 Å². The molecule has 4 nitrogen and oxygen atoms in total. The van der Waals surface area contributed by atoms with Crippen LogP contribution in [0.1, 0.15) is 19.4 Å². The maximum atomic E-state index is 12.0. The van der Waals surface area contributed by atoms with Gasteiger partial charge >= 0.3 is 6.09 Å². The number of hydrogen-bond donors (Lipinski definition) is 1. The Morgan fingerprint density at radius 1 is 1.42 bits per heavy atom. The molecule has 1 rings (SSSR count). The minimum Gasteiger partial charge on any atom is -0.445 e. The highest BCUT2D eigenvalue weighted by molar-refractivity contribution is 5.69. The van der Waals surface area contributed by atoms with Gasteiger partial charge in [-0.15, -0.1) is 6.42 Å². The molecule has 0 bridgehead atoms. The Hall–Kier alpha value is -1.99. The third kappa shape index (κ3) is 4.31.